The maximum atomic E-state index is 12.1. The van der Waals surface area contributed by atoms with Crippen molar-refractivity contribution in [2.45, 2.75) is 71.5 Å². The summed E-state index contributed by atoms with van der Waals surface area (Å²) in [6.45, 7) is 3.42. The zero-order valence-electron chi connectivity index (χ0n) is 20.9. The lowest BCUT2D eigenvalue weighted by atomic mass is 10.1. The second-order valence-corrected chi connectivity index (χ2v) is 7.89. The number of phenolic OH excluding ortho intramolecular Hbond substituents is 1. The Morgan fingerprint density at radius 3 is 2.00 bits per heavy atom. The van der Waals surface area contributed by atoms with E-state index in [1.54, 1.807) is 0 Å². The molecule has 0 aliphatic heterocycles. The van der Waals surface area contributed by atoms with Gasteiger partial charge in [-0.1, -0.05) is 67.7 Å². The molecule has 0 aliphatic carbocycles. The maximum Gasteiger partial charge on any atom is 0.344 e. The summed E-state index contributed by atoms with van der Waals surface area (Å²) in [7, 11) is 0. The summed E-state index contributed by atoms with van der Waals surface area (Å²) in [4.78, 5) is 24.0. The first-order chi connectivity index (χ1) is 16.9. The molecule has 0 fully saturated rings. The van der Waals surface area contributed by atoms with Crippen molar-refractivity contribution in [3.05, 3.63) is 84.5 Å². The van der Waals surface area contributed by atoms with E-state index in [-0.39, 0.29) is 17.2 Å². The molecule has 1 rings (SSSR count). The number of phenols is 1. The van der Waals surface area contributed by atoms with Gasteiger partial charge in [0.2, 0.25) is 5.91 Å². The highest BCUT2D eigenvalue weighted by Crippen LogP contribution is 2.23. The first-order valence-corrected chi connectivity index (χ1v) is 12.2. The Hall–Kier alpha value is -3.38. The Balaban J connectivity index is 2.20. The van der Waals surface area contributed by atoms with Gasteiger partial charge in [-0.05, 0) is 70.1 Å². The van der Waals surface area contributed by atoms with Crippen molar-refractivity contribution in [2.24, 2.45) is 0 Å². The van der Waals surface area contributed by atoms with Crippen molar-refractivity contribution in [1.29, 1.82) is 0 Å². The van der Waals surface area contributed by atoms with Crippen LogP contribution in [-0.2, 0) is 9.53 Å². The van der Waals surface area contributed by atoms with Crippen molar-refractivity contribution in [3.63, 3.8) is 0 Å². The number of benzene rings is 1. The average Bonchev–Trinajstić information content (AvgIpc) is 2.81. The van der Waals surface area contributed by atoms with Crippen molar-refractivity contribution in [3.8, 4) is 5.75 Å². The van der Waals surface area contributed by atoms with E-state index in [1.165, 1.54) is 25.1 Å². The molecule has 0 bridgehead atoms. The molecule has 0 aliphatic rings. The minimum atomic E-state index is -1.30. The molecule has 35 heavy (non-hydrogen) atoms. The number of anilines is 1. The fourth-order valence-electron chi connectivity index (χ4n) is 2.97. The van der Waals surface area contributed by atoms with Crippen LogP contribution >= 0.6 is 0 Å². The van der Waals surface area contributed by atoms with Gasteiger partial charge < -0.3 is 20.3 Å². The van der Waals surface area contributed by atoms with Crippen LogP contribution in [0.25, 0.3) is 0 Å². The van der Waals surface area contributed by atoms with E-state index in [0.29, 0.717) is 18.5 Å². The Morgan fingerprint density at radius 2 is 1.46 bits per heavy atom. The summed E-state index contributed by atoms with van der Waals surface area (Å²) in [6, 6.07) is 4.11. The fraction of sp³-hybridized carbons (Fsp3) is 0.379. The highest BCUT2D eigenvalue weighted by molar-refractivity contribution is 5.96. The molecule has 6 heteroatoms. The molecule has 1 atom stereocenters. The van der Waals surface area contributed by atoms with Crippen molar-refractivity contribution >= 4 is 17.6 Å². The van der Waals surface area contributed by atoms with E-state index < -0.39 is 12.3 Å². The second kappa shape index (κ2) is 19.0. The molecule has 1 unspecified atom stereocenters. The number of esters is 1. The van der Waals surface area contributed by atoms with Gasteiger partial charge in [0.05, 0.1) is 0 Å². The maximum absolute atomic E-state index is 12.1. The number of allylic oxidation sites excluding steroid dienone is 10. The number of hydrogen-bond donors (Lipinski definition) is 3. The highest BCUT2D eigenvalue weighted by Gasteiger charge is 2.16. The molecule has 3 N–H and O–H groups in total. The Labute approximate surface area is 209 Å². The second-order valence-electron chi connectivity index (χ2n) is 7.89. The van der Waals surface area contributed by atoms with E-state index in [1.807, 2.05) is 0 Å². The third-order valence-corrected chi connectivity index (χ3v) is 4.71. The Bertz CT molecular complexity index is 910. The van der Waals surface area contributed by atoms with Gasteiger partial charge in [-0.2, -0.15) is 0 Å². The van der Waals surface area contributed by atoms with Crippen molar-refractivity contribution in [1.82, 2.24) is 0 Å². The molecule has 0 saturated carbocycles. The zero-order valence-corrected chi connectivity index (χ0v) is 20.9. The van der Waals surface area contributed by atoms with E-state index in [0.717, 1.165) is 38.5 Å². The smallest absolute Gasteiger partial charge is 0.344 e. The summed E-state index contributed by atoms with van der Waals surface area (Å²) in [5.74, 6) is -1.34. The van der Waals surface area contributed by atoms with E-state index in [4.69, 9.17) is 5.11 Å². The van der Waals surface area contributed by atoms with Gasteiger partial charge in [0.1, 0.15) is 11.3 Å². The largest absolute Gasteiger partial charge is 0.507 e. The first kappa shape index (κ1) is 29.7. The number of unbranched alkanes of at least 4 members (excludes halogenated alkanes) is 1. The van der Waals surface area contributed by atoms with Crippen LogP contribution in [0, 0.1) is 0 Å². The molecule has 0 aromatic heterocycles. The van der Waals surface area contributed by atoms with Gasteiger partial charge in [0.25, 0.3) is 0 Å². The van der Waals surface area contributed by atoms with Gasteiger partial charge in [0.15, 0.2) is 6.29 Å². The van der Waals surface area contributed by atoms with Gasteiger partial charge in [0, 0.05) is 12.1 Å². The lowest BCUT2D eigenvalue weighted by Crippen LogP contribution is -2.15. The number of hydrogen-bond acceptors (Lipinski definition) is 5. The molecule has 0 spiro atoms. The molecular weight excluding hydrogens is 442 g/mol. The topological polar surface area (TPSA) is 95.9 Å². The number of carbonyl (C=O) groups excluding carboxylic acids is 2. The van der Waals surface area contributed by atoms with Crippen molar-refractivity contribution < 1.29 is 24.5 Å². The van der Waals surface area contributed by atoms with Crippen LogP contribution in [-0.4, -0.2) is 28.4 Å². The SMILES string of the molecule is CC/C=C\C/C=C\C/C=C\C/C=C\C/C=C\CCCC(=O)Nc1ccc(O)c(C(=O)OC(C)O)c1. The zero-order chi connectivity index (χ0) is 25.7. The number of aliphatic hydroxyl groups excluding tert-OH is 1. The van der Waals surface area contributed by atoms with Crippen molar-refractivity contribution in [2.75, 3.05) is 5.32 Å². The molecule has 1 aromatic carbocycles. The van der Waals surface area contributed by atoms with Crippen LogP contribution in [0.2, 0.25) is 0 Å². The van der Waals surface area contributed by atoms with Gasteiger partial charge >= 0.3 is 5.97 Å². The molecule has 1 aromatic rings. The molecule has 0 radical (unpaired) electrons. The van der Waals surface area contributed by atoms with E-state index in [9.17, 15) is 14.7 Å². The van der Waals surface area contributed by atoms with Crippen LogP contribution < -0.4 is 5.32 Å². The van der Waals surface area contributed by atoms with E-state index in [2.05, 4.69) is 77.7 Å². The van der Waals surface area contributed by atoms with Gasteiger partial charge in [-0.25, -0.2) is 4.79 Å². The van der Waals surface area contributed by atoms with Crippen LogP contribution in [0.15, 0.2) is 79.0 Å². The molecule has 1 amide bonds. The first-order valence-electron chi connectivity index (χ1n) is 12.2. The summed E-state index contributed by atoms with van der Waals surface area (Å²) < 4.78 is 4.67. The predicted octanol–water partition coefficient (Wildman–Crippen LogP) is 6.75. The molecule has 190 valence electrons. The van der Waals surface area contributed by atoms with Crippen LogP contribution in [0.4, 0.5) is 5.69 Å². The third-order valence-electron chi connectivity index (χ3n) is 4.71. The molecule has 0 saturated heterocycles. The summed E-state index contributed by atoms with van der Waals surface area (Å²) in [5.41, 5.74) is 0.253. The predicted molar refractivity (Wildman–Crippen MR) is 142 cm³/mol. The third kappa shape index (κ3) is 15.2. The number of carbonyl (C=O) groups is 2. The summed E-state index contributed by atoms with van der Waals surface area (Å²) >= 11 is 0. The minimum absolute atomic E-state index is 0.123. The number of ether oxygens (including phenoxy) is 1. The number of rotatable bonds is 16. The molecule has 0 heterocycles. The summed E-state index contributed by atoms with van der Waals surface area (Å²) in [6.07, 6.45) is 26.9. The Kier molecular flexibility index (Phi) is 16.1. The van der Waals surface area contributed by atoms with Gasteiger partial charge in [-0.3, -0.25) is 4.79 Å². The van der Waals surface area contributed by atoms with Gasteiger partial charge in [-0.15, -0.1) is 0 Å². The normalized spacial score (nSPS) is 13.0. The number of aromatic hydroxyl groups is 1. The monoisotopic (exact) mass is 481 g/mol. The minimum Gasteiger partial charge on any atom is -0.507 e. The standard InChI is InChI=1S/C29H39NO5/c1-3-4-5-6-7-8-9-10-11-12-13-14-15-16-17-18-19-20-28(33)30-25-21-22-27(32)26(23-25)29(34)35-24(2)31/h4-5,7-8,10-11,13-14,16-17,21-24,31-32H,3,6,9,12,15,18-20H2,1-2H3,(H,30,33)/b5-4-,8-7-,11-10-,14-13-,17-16-. The lowest BCUT2D eigenvalue weighted by Gasteiger charge is -2.10. The Morgan fingerprint density at radius 1 is 0.914 bits per heavy atom. The van der Waals surface area contributed by atoms with E-state index >= 15 is 0 Å². The number of aliphatic hydroxyl groups is 1. The summed E-state index contributed by atoms with van der Waals surface area (Å²) in [5, 5.41) is 21.7. The molecule has 6 nitrogen and oxygen atoms in total. The number of amides is 1. The lowest BCUT2D eigenvalue weighted by molar-refractivity contribution is -0.116. The van der Waals surface area contributed by atoms with Crippen LogP contribution in [0.5, 0.6) is 5.75 Å². The fourth-order valence-corrected chi connectivity index (χ4v) is 2.97. The molecular formula is C29H39NO5. The van der Waals surface area contributed by atoms with Crippen LogP contribution in [0.1, 0.15) is 75.6 Å². The quantitative estimate of drug-likeness (QED) is 0.0798. The average molecular weight is 482 g/mol. The number of nitrogens with one attached hydrogen (secondary N) is 1. The van der Waals surface area contributed by atoms with Crippen LogP contribution in [0.3, 0.4) is 0 Å². The highest BCUT2D eigenvalue weighted by atomic mass is 16.6.